The van der Waals surface area contributed by atoms with Crippen LogP contribution in [-0.2, 0) is 19.5 Å². The number of nitrogens with one attached hydrogen (secondary N) is 3. The van der Waals surface area contributed by atoms with Gasteiger partial charge in [0.15, 0.2) is 0 Å². The molecule has 0 radical (unpaired) electrons. The summed E-state index contributed by atoms with van der Waals surface area (Å²) in [5.41, 5.74) is 5.87. The summed E-state index contributed by atoms with van der Waals surface area (Å²) < 4.78 is 48.5. The first-order chi connectivity index (χ1) is 33.0. The van der Waals surface area contributed by atoms with Crippen LogP contribution >= 0.6 is 0 Å². The van der Waals surface area contributed by atoms with Crippen molar-refractivity contribution in [1.29, 1.82) is 0 Å². The molecule has 5 aliphatic heterocycles. The summed E-state index contributed by atoms with van der Waals surface area (Å²) in [7, 11) is -4.58. The minimum absolute atomic E-state index is 0.0149. The number of ether oxygens (including phenoxy) is 3. The highest BCUT2D eigenvalue weighted by molar-refractivity contribution is 7.90. The van der Waals surface area contributed by atoms with Gasteiger partial charge < -0.3 is 34.3 Å². The summed E-state index contributed by atoms with van der Waals surface area (Å²) in [5.74, 6) is -0.175. The molecule has 2 aromatic heterocycles. The normalized spacial score (nSPS) is 23.3. The maximum atomic E-state index is 14.6. The fourth-order valence-corrected chi connectivity index (χ4v) is 12.9. The van der Waals surface area contributed by atoms with E-state index >= 15 is 0 Å². The standard InChI is InChI=1S/C51H60N8O8S/c1-33-5-2-3-6-40(33)43-7-4-19-57(43)38-28-51(29-38)16-20-56(21-17-51)37-8-10-41(44(26-37)58-31-36-15-24-66-32-47(36)67-50-46(58)25-35-12-18-52-48(35)54-50)49(60)55-68(63,64)39-9-11-42(45(27-39)59(61)62)53-30-34-13-22-65-23-14-34/h2-3,5-6,8-12,18,25-27,34,36,38,43,47,53H,4,7,13-17,19-24,28-32H2,1H3,(H,52,54)(H,55,60)/t36-,43-,47-/m0/s1. The van der Waals surface area contributed by atoms with Crippen LogP contribution in [-0.4, -0.2) is 105 Å². The van der Waals surface area contributed by atoms with Crippen molar-refractivity contribution in [3.8, 4) is 5.88 Å². The number of hydrogen-bond donors (Lipinski definition) is 3. The molecule has 5 fully saturated rings. The zero-order chi connectivity index (χ0) is 46.6. The number of hydrogen-bond acceptors (Lipinski definition) is 13. The van der Waals surface area contributed by atoms with Gasteiger partial charge in [-0.15, -0.1) is 0 Å². The third kappa shape index (κ3) is 8.66. The van der Waals surface area contributed by atoms with E-state index in [9.17, 15) is 23.3 Å². The van der Waals surface area contributed by atoms with Gasteiger partial charge in [-0.25, -0.2) is 13.1 Å². The zero-order valence-corrected chi connectivity index (χ0v) is 39.3. The number of aryl methyl sites for hydroxylation is 1. The van der Waals surface area contributed by atoms with E-state index in [-0.39, 0.29) is 34.1 Å². The predicted molar refractivity (Wildman–Crippen MR) is 259 cm³/mol. The molecule has 16 nitrogen and oxygen atoms in total. The number of pyridine rings is 1. The summed E-state index contributed by atoms with van der Waals surface area (Å²) in [6.07, 6.45) is 10.9. The summed E-state index contributed by atoms with van der Waals surface area (Å²) in [4.78, 5) is 41.3. The number of aromatic nitrogens is 2. The highest BCUT2D eigenvalue weighted by atomic mass is 32.2. The number of benzene rings is 3. The molecule has 1 spiro atoms. The molecule has 1 aliphatic carbocycles. The number of nitrogens with zero attached hydrogens (tertiary/aromatic N) is 5. The lowest BCUT2D eigenvalue weighted by Crippen LogP contribution is -2.54. The van der Waals surface area contributed by atoms with E-state index < -0.39 is 26.5 Å². The number of piperidine rings is 1. The molecular weight excluding hydrogens is 885 g/mol. The number of amides is 1. The molecule has 7 heterocycles. The van der Waals surface area contributed by atoms with Crippen LogP contribution in [0, 0.1) is 34.3 Å². The molecule has 0 unspecified atom stereocenters. The van der Waals surface area contributed by atoms with Gasteiger partial charge in [0, 0.05) is 87.3 Å². The molecule has 3 aromatic carbocycles. The average Bonchev–Trinajstić information content (AvgIpc) is 3.98. The molecule has 3 atom stereocenters. The van der Waals surface area contributed by atoms with E-state index in [0.717, 1.165) is 68.9 Å². The van der Waals surface area contributed by atoms with Gasteiger partial charge in [-0.1, -0.05) is 24.3 Å². The number of carbonyl (C=O) groups excluding carboxylic acids is 1. The van der Waals surface area contributed by atoms with Crippen molar-refractivity contribution in [1.82, 2.24) is 19.6 Å². The molecule has 68 heavy (non-hydrogen) atoms. The van der Waals surface area contributed by atoms with Crippen LogP contribution in [0.25, 0.3) is 11.0 Å². The Bertz CT molecular complexity index is 2820. The monoisotopic (exact) mass is 944 g/mol. The Morgan fingerprint density at radius 2 is 1.75 bits per heavy atom. The number of H-pyrrole nitrogens is 1. The van der Waals surface area contributed by atoms with Crippen LogP contribution in [0.4, 0.5) is 28.4 Å². The molecule has 5 aromatic rings. The highest BCUT2D eigenvalue weighted by Crippen LogP contribution is 2.54. The number of nitro benzene ring substituents is 1. The minimum atomic E-state index is -4.58. The number of aromatic amines is 1. The van der Waals surface area contributed by atoms with Crippen LogP contribution in [0.3, 0.4) is 0 Å². The Hall–Kier alpha value is -5.75. The smallest absolute Gasteiger partial charge is 0.293 e. The van der Waals surface area contributed by atoms with E-state index in [2.05, 4.69) is 60.9 Å². The second-order valence-corrected chi connectivity index (χ2v) is 21.6. The number of sulfonamides is 1. The lowest BCUT2D eigenvalue weighted by Gasteiger charge is -2.56. The zero-order valence-electron chi connectivity index (χ0n) is 38.5. The van der Waals surface area contributed by atoms with Crippen molar-refractivity contribution in [2.45, 2.75) is 87.8 Å². The van der Waals surface area contributed by atoms with Crippen LogP contribution in [0.5, 0.6) is 5.88 Å². The maximum Gasteiger partial charge on any atom is 0.293 e. The third-order valence-corrected chi connectivity index (χ3v) is 17.2. The van der Waals surface area contributed by atoms with Gasteiger partial charge >= 0.3 is 0 Å². The van der Waals surface area contributed by atoms with Crippen molar-refractivity contribution in [3.05, 3.63) is 106 Å². The molecule has 1 saturated carbocycles. The van der Waals surface area contributed by atoms with Gasteiger partial charge in [0.1, 0.15) is 23.1 Å². The minimum Gasteiger partial charge on any atom is -0.470 e. The SMILES string of the molecule is Cc1ccccc1[C@@H]1CCCN1C1CC2(CCN(c3ccc(C(=O)NS(=O)(=O)c4ccc(NCC5CCOCC5)c([N+](=O)[O-])c4)c(N4C[C@@H]5CCOC[C@@H]5Oc5nc6[nH]ccc6cc54)c3)CC2)C1. The molecule has 4 saturated heterocycles. The Morgan fingerprint density at radius 1 is 0.941 bits per heavy atom. The topological polar surface area (TPSA) is 184 Å². The van der Waals surface area contributed by atoms with Gasteiger partial charge in [-0.3, -0.25) is 19.8 Å². The quantitative estimate of drug-likeness (QED) is 0.0851. The van der Waals surface area contributed by atoms with Crippen molar-refractivity contribution in [3.63, 3.8) is 0 Å². The first kappa shape index (κ1) is 44.7. The van der Waals surface area contributed by atoms with Crippen LogP contribution in [0.15, 0.2) is 83.9 Å². The molecule has 1 amide bonds. The van der Waals surface area contributed by atoms with Crippen LogP contribution < -0.4 is 24.6 Å². The van der Waals surface area contributed by atoms with E-state index in [1.165, 1.54) is 48.9 Å². The Morgan fingerprint density at radius 3 is 2.56 bits per heavy atom. The lowest BCUT2D eigenvalue weighted by atomic mass is 9.59. The van der Waals surface area contributed by atoms with E-state index in [4.69, 9.17) is 19.2 Å². The first-order valence-electron chi connectivity index (χ1n) is 24.4. The van der Waals surface area contributed by atoms with Gasteiger partial charge in [-0.2, -0.15) is 4.98 Å². The van der Waals surface area contributed by atoms with Crippen molar-refractivity contribution >= 4 is 55.4 Å². The lowest BCUT2D eigenvalue weighted by molar-refractivity contribution is -0.384. The predicted octanol–water partition coefficient (Wildman–Crippen LogP) is 8.26. The second kappa shape index (κ2) is 18.3. The highest BCUT2D eigenvalue weighted by Gasteiger charge is 2.50. The molecule has 3 N–H and O–H groups in total. The number of nitro groups is 1. The Kier molecular flexibility index (Phi) is 12.0. The largest absolute Gasteiger partial charge is 0.470 e. The van der Waals surface area contributed by atoms with Gasteiger partial charge in [0.05, 0.1) is 27.7 Å². The van der Waals surface area contributed by atoms with Crippen molar-refractivity contribution in [2.24, 2.45) is 17.3 Å². The van der Waals surface area contributed by atoms with Crippen molar-refractivity contribution in [2.75, 3.05) is 74.3 Å². The van der Waals surface area contributed by atoms with Crippen LogP contribution in [0.1, 0.15) is 85.3 Å². The van der Waals surface area contributed by atoms with E-state index in [0.29, 0.717) is 79.9 Å². The van der Waals surface area contributed by atoms with Gasteiger partial charge in [0.25, 0.3) is 21.6 Å². The van der Waals surface area contributed by atoms with Crippen molar-refractivity contribution < 1.29 is 32.3 Å². The van der Waals surface area contributed by atoms with Gasteiger partial charge in [-0.05, 0) is 136 Å². The molecule has 17 heteroatoms. The fourth-order valence-electron chi connectivity index (χ4n) is 11.9. The van der Waals surface area contributed by atoms with E-state index in [1.807, 2.05) is 30.5 Å². The number of carbonyl (C=O) groups is 1. The summed E-state index contributed by atoms with van der Waals surface area (Å²) in [5, 5.41) is 16.3. The molecule has 0 bridgehead atoms. The number of fused-ring (bicyclic) bond motifs is 3. The summed E-state index contributed by atoms with van der Waals surface area (Å²) in [6, 6.07) is 23.2. The Balaban J connectivity index is 0.879. The van der Waals surface area contributed by atoms with E-state index in [1.54, 1.807) is 6.07 Å². The number of likely N-dealkylation sites (tertiary alicyclic amines) is 1. The molecular formula is C51H60N8O8S. The maximum absolute atomic E-state index is 14.6. The molecule has 6 aliphatic rings. The Labute approximate surface area is 396 Å². The number of rotatable bonds is 11. The number of anilines is 4. The first-order valence-corrected chi connectivity index (χ1v) is 25.9. The fraction of sp³-hybridized carbons (Fsp3) is 0.490. The molecule has 11 rings (SSSR count). The average molecular weight is 945 g/mol. The second-order valence-electron chi connectivity index (χ2n) is 19.9. The third-order valence-electron chi connectivity index (χ3n) is 15.9. The van der Waals surface area contributed by atoms with Crippen LogP contribution in [0.2, 0.25) is 0 Å². The summed E-state index contributed by atoms with van der Waals surface area (Å²) in [6.45, 7) is 8.28. The van der Waals surface area contributed by atoms with Gasteiger partial charge in [0.2, 0.25) is 5.88 Å². The molecule has 358 valence electrons. The summed E-state index contributed by atoms with van der Waals surface area (Å²) >= 11 is 0.